The third-order valence-corrected chi connectivity index (χ3v) is 4.72. The summed E-state index contributed by atoms with van der Waals surface area (Å²) in [6.45, 7) is 7.47. The number of hydrogen-bond donors (Lipinski definition) is 0. The van der Waals surface area contributed by atoms with E-state index in [4.69, 9.17) is 9.72 Å². The molecule has 0 spiro atoms. The predicted octanol–water partition coefficient (Wildman–Crippen LogP) is 2.40. The zero-order chi connectivity index (χ0) is 17.1. The molecule has 1 aromatic carbocycles. The van der Waals surface area contributed by atoms with Crippen LogP contribution in [-0.4, -0.2) is 55.7 Å². The zero-order valence-corrected chi connectivity index (χ0v) is 14.7. The van der Waals surface area contributed by atoms with Crippen LogP contribution in [0.3, 0.4) is 0 Å². The lowest BCUT2D eigenvalue weighted by molar-refractivity contribution is -0.131. The van der Waals surface area contributed by atoms with E-state index in [2.05, 4.69) is 24.8 Å². The first kappa shape index (κ1) is 16.7. The van der Waals surface area contributed by atoms with Gasteiger partial charge in [0.15, 0.2) is 0 Å². The number of pyridine rings is 1. The molecule has 0 unspecified atom stereocenters. The van der Waals surface area contributed by atoms with E-state index in [1.165, 1.54) is 11.3 Å². The predicted molar refractivity (Wildman–Crippen MR) is 96.5 cm³/mol. The van der Waals surface area contributed by atoms with Crippen molar-refractivity contribution in [2.45, 2.75) is 20.3 Å². The van der Waals surface area contributed by atoms with E-state index < -0.39 is 0 Å². The molecule has 2 aromatic rings. The van der Waals surface area contributed by atoms with Crippen molar-refractivity contribution in [3.8, 4) is 0 Å². The van der Waals surface area contributed by atoms with Gasteiger partial charge in [0, 0.05) is 37.8 Å². The Morgan fingerprint density at radius 2 is 2.04 bits per heavy atom. The molecule has 1 amide bonds. The number of fused-ring (bicyclic) bond motifs is 1. The van der Waals surface area contributed by atoms with Crippen LogP contribution in [-0.2, 0) is 16.0 Å². The summed E-state index contributed by atoms with van der Waals surface area (Å²) in [6, 6.07) is 8.21. The molecule has 5 heteroatoms. The minimum absolute atomic E-state index is 0.166. The van der Waals surface area contributed by atoms with Crippen LogP contribution in [0.5, 0.6) is 0 Å². The number of aromatic nitrogens is 1. The largest absolute Gasteiger partial charge is 0.383 e. The highest BCUT2D eigenvalue weighted by atomic mass is 16.5. The van der Waals surface area contributed by atoms with Gasteiger partial charge in [-0.2, -0.15) is 0 Å². The van der Waals surface area contributed by atoms with Crippen LogP contribution in [0.15, 0.2) is 24.3 Å². The fourth-order valence-electron chi connectivity index (χ4n) is 3.48. The number of carbonyl (C=O) groups excluding carboxylic acids is 1. The van der Waals surface area contributed by atoms with Gasteiger partial charge in [0.25, 0.3) is 0 Å². The van der Waals surface area contributed by atoms with Crippen molar-refractivity contribution in [2.75, 3.05) is 44.8 Å². The van der Waals surface area contributed by atoms with Crippen LogP contribution in [0, 0.1) is 6.92 Å². The van der Waals surface area contributed by atoms with E-state index in [0.29, 0.717) is 19.7 Å². The fourth-order valence-corrected chi connectivity index (χ4v) is 3.48. The van der Waals surface area contributed by atoms with Crippen molar-refractivity contribution in [3.05, 3.63) is 35.5 Å². The summed E-state index contributed by atoms with van der Waals surface area (Å²) in [5.41, 5.74) is 4.48. The number of anilines is 1. The van der Waals surface area contributed by atoms with Crippen LogP contribution in [0.1, 0.15) is 18.2 Å². The first-order valence-electron chi connectivity index (χ1n) is 8.55. The van der Waals surface area contributed by atoms with Crippen LogP contribution in [0.4, 0.5) is 5.69 Å². The van der Waals surface area contributed by atoms with Gasteiger partial charge < -0.3 is 14.5 Å². The monoisotopic (exact) mass is 327 g/mol. The second-order valence-corrected chi connectivity index (χ2v) is 6.19. The molecule has 2 heterocycles. The first-order valence-corrected chi connectivity index (χ1v) is 8.55. The lowest BCUT2D eigenvalue weighted by Crippen LogP contribution is -2.51. The molecule has 3 rings (SSSR count). The number of aryl methyl sites for hydroxylation is 1. The molecule has 1 aromatic heterocycles. The maximum Gasteiger partial charge on any atom is 0.242 e. The Hall–Kier alpha value is -2.14. The third kappa shape index (κ3) is 3.08. The lowest BCUT2D eigenvalue weighted by atomic mass is 10.0. The van der Waals surface area contributed by atoms with Crippen molar-refractivity contribution < 1.29 is 9.53 Å². The summed E-state index contributed by atoms with van der Waals surface area (Å²) >= 11 is 0. The van der Waals surface area contributed by atoms with Gasteiger partial charge in [-0.1, -0.05) is 25.1 Å². The zero-order valence-electron chi connectivity index (χ0n) is 14.7. The van der Waals surface area contributed by atoms with Crippen LogP contribution in [0.25, 0.3) is 10.9 Å². The molecule has 0 atom stereocenters. The maximum absolute atomic E-state index is 12.5. The SMILES string of the molecule is CCc1c(C)nc2ccccc2c1N1CCN(CCOC)C(=O)C1. The minimum Gasteiger partial charge on any atom is -0.383 e. The highest BCUT2D eigenvalue weighted by Crippen LogP contribution is 2.33. The topological polar surface area (TPSA) is 45.7 Å². The third-order valence-electron chi connectivity index (χ3n) is 4.72. The van der Waals surface area contributed by atoms with E-state index in [9.17, 15) is 4.79 Å². The van der Waals surface area contributed by atoms with Gasteiger partial charge in [-0.3, -0.25) is 9.78 Å². The molecule has 1 fully saturated rings. The number of piperazine rings is 1. The summed E-state index contributed by atoms with van der Waals surface area (Å²) in [4.78, 5) is 21.4. The van der Waals surface area contributed by atoms with Gasteiger partial charge >= 0.3 is 0 Å². The Kier molecular flexibility index (Phi) is 5.00. The Bertz CT molecular complexity index is 745. The van der Waals surface area contributed by atoms with Crippen molar-refractivity contribution in [2.24, 2.45) is 0 Å². The van der Waals surface area contributed by atoms with Gasteiger partial charge in [-0.15, -0.1) is 0 Å². The smallest absolute Gasteiger partial charge is 0.242 e. The molecular formula is C19H25N3O2. The Labute approximate surface area is 143 Å². The summed E-state index contributed by atoms with van der Waals surface area (Å²) in [6.07, 6.45) is 0.914. The molecule has 0 radical (unpaired) electrons. The normalized spacial score (nSPS) is 15.4. The molecule has 0 bridgehead atoms. The van der Waals surface area contributed by atoms with Crippen molar-refractivity contribution in [1.82, 2.24) is 9.88 Å². The Morgan fingerprint density at radius 1 is 1.25 bits per heavy atom. The molecule has 0 aliphatic carbocycles. The van der Waals surface area contributed by atoms with E-state index in [1.807, 2.05) is 23.1 Å². The molecular weight excluding hydrogens is 302 g/mol. The number of amides is 1. The number of methoxy groups -OCH3 is 1. The quantitative estimate of drug-likeness (QED) is 0.846. The molecule has 0 N–H and O–H groups in total. The molecule has 1 aliphatic heterocycles. The summed E-state index contributed by atoms with van der Waals surface area (Å²) < 4.78 is 5.10. The van der Waals surface area contributed by atoms with Crippen LogP contribution >= 0.6 is 0 Å². The second kappa shape index (κ2) is 7.18. The minimum atomic E-state index is 0.166. The summed E-state index contributed by atoms with van der Waals surface area (Å²) in [7, 11) is 1.67. The van der Waals surface area contributed by atoms with E-state index in [-0.39, 0.29) is 5.91 Å². The van der Waals surface area contributed by atoms with Gasteiger partial charge in [0.1, 0.15) is 0 Å². The number of hydrogen-bond acceptors (Lipinski definition) is 4. The van der Waals surface area contributed by atoms with Crippen molar-refractivity contribution in [3.63, 3.8) is 0 Å². The van der Waals surface area contributed by atoms with Gasteiger partial charge in [0.2, 0.25) is 5.91 Å². The summed E-state index contributed by atoms with van der Waals surface area (Å²) in [5.74, 6) is 0.166. The van der Waals surface area contributed by atoms with E-state index >= 15 is 0 Å². The van der Waals surface area contributed by atoms with E-state index in [1.54, 1.807) is 7.11 Å². The van der Waals surface area contributed by atoms with Gasteiger partial charge in [0.05, 0.1) is 24.4 Å². The molecule has 1 aliphatic rings. The first-order chi connectivity index (χ1) is 11.7. The summed E-state index contributed by atoms with van der Waals surface area (Å²) in [5, 5.41) is 1.14. The Balaban J connectivity index is 1.96. The molecule has 24 heavy (non-hydrogen) atoms. The highest BCUT2D eigenvalue weighted by molar-refractivity contribution is 5.96. The average molecular weight is 327 g/mol. The Morgan fingerprint density at radius 3 is 2.75 bits per heavy atom. The highest BCUT2D eigenvalue weighted by Gasteiger charge is 2.26. The standard InChI is InChI=1S/C19H25N3O2/c1-4-15-14(2)20-17-8-6-5-7-16(17)19(15)22-10-9-21(11-12-24-3)18(23)13-22/h5-8H,4,9-13H2,1-3H3. The van der Waals surface area contributed by atoms with Gasteiger partial charge in [-0.05, 0) is 25.0 Å². The molecule has 1 saturated heterocycles. The number of para-hydroxylation sites is 1. The van der Waals surface area contributed by atoms with E-state index in [0.717, 1.165) is 36.1 Å². The number of ether oxygens (including phenoxy) is 1. The maximum atomic E-state index is 12.5. The molecule has 128 valence electrons. The van der Waals surface area contributed by atoms with Crippen LogP contribution < -0.4 is 4.90 Å². The lowest BCUT2D eigenvalue weighted by Gasteiger charge is -2.37. The van der Waals surface area contributed by atoms with Crippen LogP contribution in [0.2, 0.25) is 0 Å². The molecule has 5 nitrogen and oxygen atoms in total. The number of nitrogens with zero attached hydrogens (tertiary/aromatic N) is 3. The van der Waals surface area contributed by atoms with Crippen molar-refractivity contribution in [1.29, 1.82) is 0 Å². The average Bonchev–Trinajstić information content (AvgIpc) is 2.59. The number of benzene rings is 1. The number of carbonyl (C=O) groups is 1. The molecule has 0 saturated carbocycles. The number of rotatable bonds is 5. The van der Waals surface area contributed by atoms with Gasteiger partial charge in [-0.25, -0.2) is 0 Å². The second-order valence-electron chi connectivity index (χ2n) is 6.19. The fraction of sp³-hybridized carbons (Fsp3) is 0.474. The van der Waals surface area contributed by atoms with Crippen molar-refractivity contribution >= 4 is 22.5 Å².